The van der Waals surface area contributed by atoms with Gasteiger partial charge in [0.15, 0.2) is 5.82 Å². The van der Waals surface area contributed by atoms with E-state index in [4.69, 9.17) is 20.0 Å². The summed E-state index contributed by atoms with van der Waals surface area (Å²) < 4.78 is 11.0. The number of hydrogen-bond acceptors (Lipinski definition) is 7. The van der Waals surface area contributed by atoms with Gasteiger partial charge >= 0.3 is 0 Å². The standard InChI is InChI=1S/C14H23N3O2S2/c1-9-10(2)21-11(7-20-9)12-16-13(19-17-12)14(8-15)3-5-18-6-4-14/h9-11H,3-8,15H2,1-2H3. The number of aromatic nitrogens is 2. The fourth-order valence-corrected chi connectivity index (χ4v) is 5.60. The van der Waals surface area contributed by atoms with E-state index < -0.39 is 0 Å². The maximum absolute atomic E-state index is 6.01. The Morgan fingerprint density at radius 1 is 1.29 bits per heavy atom. The van der Waals surface area contributed by atoms with E-state index >= 15 is 0 Å². The molecule has 2 fully saturated rings. The molecule has 0 aromatic carbocycles. The van der Waals surface area contributed by atoms with Gasteiger partial charge in [0.25, 0.3) is 0 Å². The Bertz CT molecular complexity index is 477. The van der Waals surface area contributed by atoms with Crippen LogP contribution >= 0.6 is 23.5 Å². The van der Waals surface area contributed by atoms with Gasteiger partial charge in [0.05, 0.1) is 10.7 Å². The lowest BCUT2D eigenvalue weighted by atomic mass is 9.80. The average molecular weight is 329 g/mol. The Hall–Kier alpha value is -0.240. The van der Waals surface area contributed by atoms with Crippen molar-refractivity contribution in [1.82, 2.24) is 10.1 Å². The molecule has 0 amide bonds. The van der Waals surface area contributed by atoms with Crippen LogP contribution in [0.5, 0.6) is 0 Å². The third-order valence-electron chi connectivity index (χ3n) is 4.57. The van der Waals surface area contributed by atoms with E-state index in [1.165, 1.54) is 0 Å². The molecule has 3 atom stereocenters. The first-order valence-electron chi connectivity index (χ1n) is 7.53. The number of nitrogens with two attached hydrogens (primary N) is 1. The van der Waals surface area contributed by atoms with Gasteiger partial charge in [0, 0.05) is 36.0 Å². The summed E-state index contributed by atoms with van der Waals surface area (Å²) in [5.41, 5.74) is 5.82. The van der Waals surface area contributed by atoms with E-state index in [2.05, 4.69) is 19.0 Å². The van der Waals surface area contributed by atoms with Gasteiger partial charge in [-0.15, -0.1) is 11.8 Å². The highest BCUT2D eigenvalue weighted by atomic mass is 32.2. The molecule has 3 rings (SSSR count). The van der Waals surface area contributed by atoms with Gasteiger partial charge in [-0.3, -0.25) is 0 Å². The van der Waals surface area contributed by atoms with Crippen molar-refractivity contribution in [3.63, 3.8) is 0 Å². The van der Waals surface area contributed by atoms with Crippen LogP contribution < -0.4 is 5.73 Å². The molecule has 0 spiro atoms. The lowest BCUT2D eigenvalue weighted by Gasteiger charge is -2.32. The predicted molar refractivity (Wildman–Crippen MR) is 86.8 cm³/mol. The van der Waals surface area contributed by atoms with E-state index in [1.807, 2.05) is 23.5 Å². The molecule has 2 saturated heterocycles. The normalized spacial score (nSPS) is 33.0. The largest absolute Gasteiger partial charge is 0.381 e. The minimum Gasteiger partial charge on any atom is -0.381 e. The van der Waals surface area contributed by atoms with Crippen molar-refractivity contribution in [3.8, 4) is 0 Å². The van der Waals surface area contributed by atoms with Crippen LogP contribution in [-0.2, 0) is 10.2 Å². The molecule has 1 aromatic rings. The second-order valence-electron chi connectivity index (χ2n) is 5.92. The highest BCUT2D eigenvalue weighted by molar-refractivity contribution is 8.07. The second-order valence-corrected chi connectivity index (χ2v) is 8.92. The maximum atomic E-state index is 6.01. The molecule has 3 unspecified atom stereocenters. The summed E-state index contributed by atoms with van der Waals surface area (Å²) in [6.45, 7) is 6.54. The average Bonchev–Trinajstić information content (AvgIpc) is 3.01. The molecule has 2 N–H and O–H groups in total. The minimum atomic E-state index is -0.186. The van der Waals surface area contributed by atoms with Crippen molar-refractivity contribution in [3.05, 3.63) is 11.7 Å². The Balaban J connectivity index is 1.76. The van der Waals surface area contributed by atoms with E-state index in [9.17, 15) is 0 Å². The van der Waals surface area contributed by atoms with E-state index in [1.54, 1.807) is 0 Å². The molecule has 0 radical (unpaired) electrons. The highest BCUT2D eigenvalue weighted by Gasteiger charge is 2.39. The minimum absolute atomic E-state index is 0.186. The molecule has 0 saturated carbocycles. The molecule has 0 aliphatic carbocycles. The quantitative estimate of drug-likeness (QED) is 0.912. The topological polar surface area (TPSA) is 74.2 Å². The van der Waals surface area contributed by atoms with E-state index in [0.29, 0.717) is 28.2 Å². The zero-order valence-electron chi connectivity index (χ0n) is 12.6. The summed E-state index contributed by atoms with van der Waals surface area (Å²) in [7, 11) is 0. The Morgan fingerprint density at radius 2 is 2.05 bits per heavy atom. The summed E-state index contributed by atoms with van der Waals surface area (Å²) in [6, 6.07) is 0. The maximum Gasteiger partial charge on any atom is 0.234 e. The third kappa shape index (κ3) is 3.11. The van der Waals surface area contributed by atoms with Crippen molar-refractivity contribution in [2.75, 3.05) is 25.5 Å². The van der Waals surface area contributed by atoms with Crippen LogP contribution in [-0.4, -0.2) is 46.2 Å². The van der Waals surface area contributed by atoms with Crippen molar-refractivity contribution in [2.45, 2.75) is 47.9 Å². The monoisotopic (exact) mass is 329 g/mol. The first-order chi connectivity index (χ1) is 10.1. The number of thioether (sulfide) groups is 2. The van der Waals surface area contributed by atoms with Crippen LogP contribution in [0.1, 0.15) is 43.7 Å². The molecule has 21 heavy (non-hydrogen) atoms. The van der Waals surface area contributed by atoms with Gasteiger partial charge in [-0.2, -0.15) is 16.7 Å². The van der Waals surface area contributed by atoms with Crippen LogP contribution in [0.15, 0.2) is 4.52 Å². The van der Waals surface area contributed by atoms with Gasteiger partial charge < -0.3 is 15.0 Å². The first kappa shape index (κ1) is 15.6. The summed E-state index contributed by atoms with van der Waals surface area (Å²) in [5.74, 6) is 2.59. The molecule has 7 heteroatoms. The molecular weight excluding hydrogens is 306 g/mol. The third-order valence-corrected chi connectivity index (χ3v) is 7.96. The van der Waals surface area contributed by atoms with E-state index in [0.717, 1.165) is 37.6 Å². The van der Waals surface area contributed by atoms with Crippen LogP contribution in [0.3, 0.4) is 0 Å². The second kappa shape index (κ2) is 6.48. The van der Waals surface area contributed by atoms with Gasteiger partial charge in [-0.05, 0) is 12.8 Å². The smallest absolute Gasteiger partial charge is 0.234 e. The van der Waals surface area contributed by atoms with E-state index in [-0.39, 0.29) is 5.41 Å². The Kier molecular flexibility index (Phi) is 4.83. The van der Waals surface area contributed by atoms with Crippen LogP contribution in [0.4, 0.5) is 0 Å². The highest BCUT2D eigenvalue weighted by Crippen LogP contribution is 2.44. The van der Waals surface area contributed by atoms with Crippen LogP contribution in [0.25, 0.3) is 0 Å². The molecule has 118 valence electrons. The zero-order chi connectivity index (χ0) is 14.9. The number of hydrogen-bond donors (Lipinski definition) is 1. The lowest BCUT2D eigenvalue weighted by Crippen LogP contribution is -2.41. The number of ether oxygens (including phenoxy) is 1. The number of nitrogens with zero attached hydrogens (tertiary/aromatic N) is 2. The predicted octanol–water partition coefficient (Wildman–Crippen LogP) is 2.37. The van der Waals surface area contributed by atoms with Gasteiger partial charge in [-0.1, -0.05) is 19.0 Å². The molecule has 2 aliphatic heterocycles. The summed E-state index contributed by atoms with van der Waals surface area (Å²) in [5, 5.41) is 5.88. The molecule has 3 heterocycles. The first-order valence-corrected chi connectivity index (χ1v) is 9.53. The number of rotatable bonds is 3. The van der Waals surface area contributed by atoms with Crippen LogP contribution in [0.2, 0.25) is 0 Å². The summed E-state index contributed by atoms with van der Waals surface area (Å²) >= 11 is 3.94. The van der Waals surface area contributed by atoms with Crippen molar-refractivity contribution >= 4 is 23.5 Å². The SMILES string of the molecule is CC1SCC(c2noc(C3(CN)CCOCC3)n2)SC1C. The van der Waals surface area contributed by atoms with Crippen molar-refractivity contribution < 1.29 is 9.26 Å². The summed E-state index contributed by atoms with van der Waals surface area (Å²) in [4.78, 5) is 4.71. The fraction of sp³-hybridized carbons (Fsp3) is 0.857. The van der Waals surface area contributed by atoms with Gasteiger partial charge in [0.1, 0.15) is 0 Å². The zero-order valence-corrected chi connectivity index (χ0v) is 14.2. The fourth-order valence-electron chi connectivity index (χ4n) is 2.77. The summed E-state index contributed by atoms with van der Waals surface area (Å²) in [6.07, 6.45) is 1.73. The van der Waals surface area contributed by atoms with Gasteiger partial charge in [0.2, 0.25) is 5.89 Å². The van der Waals surface area contributed by atoms with Crippen molar-refractivity contribution in [2.24, 2.45) is 5.73 Å². The van der Waals surface area contributed by atoms with Gasteiger partial charge in [-0.25, -0.2) is 0 Å². The van der Waals surface area contributed by atoms with Crippen LogP contribution in [0, 0.1) is 0 Å². The molecule has 0 bridgehead atoms. The molecule has 1 aromatic heterocycles. The van der Waals surface area contributed by atoms with Crippen molar-refractivity contribution in [1.29, 1.82) is 0 Å². The molecule has 2 aliphatic rings. The molecule has 5 nitrogen and oxygen atoms in total. The Morgan fingerprint density at radius 3 is 2.71 bits per heavy atom. The Labute approximate surface area is 134 Å². The molecular formula is C14H23N3O2S2. The lowest BCUT2D eigenvalue weighted by molar-refractivity contribution is 0.0409.